The molecular weight excluding hydrogens is 457 g/mol. The quantitative estimate of drug-likeness (QED) is 0.311. The molecule has 0 radical (unpaired) electrons. The Balaban J connectivity index is 1.55. The number of anilines is 1. The number of amides is 1. The smallest absolute Gasteiger partial charge is 0.297 e. The minimum Gasteiger partial charge on any atom is -0.494 e. The SMILES string of the molecule is CCCCCCOc1ccc(C2c3c(oc4ccc(F)cc4c3=O)C(=O)N2c2nncs2)cc1. The van der Waals surface area contributed by atoms with E-state index in [1.165, 1.54) is 40.3 Å². The van der Waals surface area contributed by atoms with E-state index in [2.05, 4.69) is 17.1 Å². The maximum absolute atomic E-state index is 13.9. The number of aromatic nitrogens is 2. The molecule has 174 valence electrons. The van der Waals surface area contributed by atoms with Crippen molar-refractivity contribution < 1.29 is 18.3 Å². The first kappa shape index (κ1) is 22.2. The molecule has 0 fully saturated rings. The molecule has 0 saturated carbocycles. The molecule has 1 amide bonds. The van der Waals surface area contributed by atoms with Gasteiger partial charge in [-0.1, -0.05) is 49.7 Å². The molecular formula is C25H22FN3O4S. The van der Waals surface area contributed by atoms with Crippen LogP contribution in [0.3, 0.4) is 0 Å². The summed E-state index contributed by atoms with van der Waals surface area (Å²) in [7, 11) is 0. The third-order valence-electron chi connectivity index (χ3n) is 5.85. The molecule has 3 heterocycles. The predicted molar refractivity (Wildman–Crippen MR) is 127 cm³/mol. The van der Waals surface area contributed by atoms with Crippen molar-refractivity contribution in [2.75, 3.05) is 11.5 Å². The predicted octanol–water partition coefficient (Wildman–Crippen LogP) is 5.49. The van der Waals surface area contributed by atoms with Crippen LogP contribution in [0.2, 0.25) is 0 Å². The van der Waals surface area contributed by atoms with Crippen LogP contribution in [0.5, 0.6) is 5.75 Å². The second kappa shape index (κ2) is 9.34. The van der Waals surface area contributed by atoms with Crippen LogP contribution < -0.4 is 15.1 Å². The minimum absolute atomic E-state index is 0.0689. The molecule has 1 atom stereocenters. The van der Waals surface area contributed by atoms with Crippen LogP contribution in [-0.2, 0) is 0 Å². The summed E-state index contributed by atoms with van der Waals surface area (Å²) in [6, 6.07) is 10.2. The molecule has 0 saturated heterocycles. The van der Waals surface area contributed by atoms with Gasteiger partial charge < -0.3 is 9.15 Å². The highest BCUT2D eigenvalue weighted by Gasteiger charge is 2.45. The number of rotatable bonds is 8. The van der Waals surface area contributed by atoms with Gasteiger partial charge in [0.05, 0.1) is 23.6 Å². The van der Waals surface area contributed by atoms with E-state index >= 15 is 0 Å². The summed E-state index contributed by atoms with van der Waals surface area (Å²) in [6.07, 6.45) is 4.45. The summed E-state index contributed by atoms with van der Waals surface area (Å²) < 4.78 is 25.5. The molecule has 7 nitrogen and oxygen atoms in total. The van der Waals surface area contributed by atoms with Crippen molar-refractivity contribution in [3.63, 3.8) is 0 Å². The highest BCUT2D eigenvalue weighted by molar-refractivity contribution is 7.13. The summed E-state index contributed by atoms with van der Waals surface area (Å²) in [4.78, 5) is 28.2. The number of nitrogens with zero attached hydrogens (tertiary/aromatic N) is 3. The van der Waals surface area contributed by atoms with E-state index in [0.29, 0.717) is 23.1 Å². The normalized spacial score (nSPS) is 15.2. The van der Waals surface area contributed by atoms with Gasteiger partial charge in [-0.25, -0.2) is 4.39 Å². The summed E-state index contributed by atoms with van der Waals surface area (Å²) in [6.45, 7) is 2.79. The van der Waals surface area contributed by atoms with Crippen LogP contribution in [0.1, 0.15) is 60.3 Å². The summed E-state index contributed by atoms with van der Waals surface area (Å²) >= 11 is 1.18. The Labute approximate surface area is 198 Å². The molecule has 1 aliphatic rings. The first-order valence-electron chi connectivity index (χ1n) is 11.2. The van der Waals surface area contributed by atoms with Crippen molar-refractivity contribution in [2.24, 2.45) is 0 Å². The van der Waals surface area contributed by atoms with Gasteiger partial charge in [0.15, 0.2) is 5.43 Å². The topological polar surface area (TPSA) is 85.5 Å². The molecule has 2 aromatic heterocycles. The molecule has 2 aromatic carbocycles. The number of fused-ring (bicyclic) bond motifs is 2. The van der Waals surface area contributed by atoms with Crippen molar-refractivity contribution in [1.82, 2.24) is 10.2 Å². The van der Waals surface area contributed by atoms with Crippen LogP contribution in [-0.4, -0.2) is 22.7 Å². The lowest BCUT2D eigenvalue weighted by Gasteiger charge is -2.22. The zero-order valence-electron chi connectivity index (χ0n) is 18.5. The van der Waals surface area contributed by atoms with Crippen molar-refractivity contribution >= 4 is 33.3 Å². The molecule has 4 aromatic rings. The van der Waals surface area contributed by atoms with Gasteiger partial charge in [0.2, 0.25) is 10.9 Å². The molecule has 1 aliphatic heterocycles. The molecule has 0 bridgehead atoms. The third-order valence-corrected chi connectivity index (χ3v) is 6.54. The largest absolute Gasteiger partial charge is 0.494 e. The Morgan fingerprint density at radius 2 is 1.94 bits per heavy atom. The lowest BCUT2D eigenvalue weighted by atomic mass is 9.98. The number of unbranched alkanes of at least 4 members (excludes halogenated alkanes) is 3. The number of carbonyl (C=O) groups excluding carboxylic acids is 1. The fraction of sp³-hybridized carbons (Fsp3) is 0.280. The van der Waals surface area contributed by atoms with Crippen molar-refractivity contribution in [3.05, 3.63) is 80.9 Å². The second-order valence-electron chi connectivity index (χ2n) is 8.09. The maximum Gasteiger partial charge on any atom is 0.297 e. The lowest BCUT2D eigenvalue weighted by molar-refractivity contribution is 0.0970. The number of ether oxygens (including phenoxy) is 1. The van der Waals surface area contributed by atoms with Crippen LogP contribution in [0.25, 0.3) is 11.0 Å². The molecule has 0 N–H and O–H groups in total. The fourth-order valence-electron chi connectivity index (χ4n) is 4.20. The van der Waals surface area contributed by atoms with Gasteiger partial charge in [0.1, 0.15) is 22.7 Å². The maximum atomic E-state index is 13.9. The number of hydrogen-bond donors (Lipinski definition) is 0. The van der Waals surface area contributed by atoms with E-state index in [9.17, 15) is 14.0 Å². The molecule has 9 heteroatoms. The summed E-state index contributed by atoms with van der Waals surface area (Å²) in [5.41, 5.74) is 2.06. The number of hydrogen-bond acceptors (Lipinski definition) is 7. The summed E-state index contributed by atoms with van der Waals surface area (Å²) in [5, 5.41) is 8.32. The first-order chi connectivity index (χ1) is 16.6. The van der Waals surface area contributed by atoms with Gasteiger partial charge in [0, 0.05) is 0 Å². The highest BCUT2D eigenvalue weighted by atomic mass is 32.1. The third kappa shape index (κ3) is 3.96. The van der Waals surface area contributed by atoms with Crippen LogP contribution in [0.15, 0.2) is 57.2 Å². The van der Waals surface area contributed by atoms with Gasteiger partial charge >= 0.3 is 0 Å². The van der Waals surface area contributed by atoms with Crippen LogP contribution in [0.4, 0.5) is 9.52 Å². The number of carbonyl (C=O) groups is 1. The Morgan fingerprint density at radius 1 is 1.12 bits per heavy atom. The fourth-order valence-corrected chi connectivity index (χ4v) is 4.78. The number of benzene rings is 2. The lowest BCUT2D eigenvalue weighted by Crippen LogP contribution is -2.29. The van der Waals surface area contributed by atoms with E-state index in [-0.39, 0.29) is 22.3 Å². The molecule has 1 unspecified atom stereocenters. The first-order valence-corrected chi connectivity index (χ1v) is 12.0. The van der Waals surface area contributed by atoms with Crippen LogP contribution in [0, 0.1) is 5.82 Å². The Hall–Kier alpha value is -3.59. The molecule has 0 spiro atoms. The molecule has 34 heavy (non-hydrogen) atoms. The van der Waals surface area contributed by atoms with Gasteiger partial charge in [0.25, 0.3) is 5.91 Å². The Morgan fingerprint density at radius 3 is 2.68 bits per heavy atom. The van der Waals surface area contributed by atoms with Crippen molar-refractivity contribution in [1.29, 1.82) is 0 Å². The zero-order valence-corrected chi connectivity index (χ0v) is 19.3. The Kier molecular flexibility index (Phi) is 6.10. The van der Waals surface area contributed by atoms with Gasteiger partial charge in [-0.05, 0) is 42.3 Å². The minimum atomic E-state index is -0.780. The van der Waals surface area contributed by atoms with Gasteiger partial charge in [-0.15, -0.1) is 10.2 Å². The van der Waals surface area contributed by atoms with E-state index in [0.717, 1.165) is 25.3 Å². The average Bonchev–Trinajstić information content (AvgIpc) is 3.47. The second-order valence-corrected chi connectivity index (χ2v) is 8.90. The van der Waals surface area contributed by atoms with Crippen LogP contribution >= 0.6 is 11.3 Å². The zero-order chi connectivity index (χ0) is 23.7. The van der Waals surface area contributed by atoms with E-state index < -0.39 is 23.2 Å². The molecule has 5 rings (SSSR count). The van der Waals surface area contributed by atoms with Crippen molar-refractivity contribution in [2.45, 2.75) is 38.6 Å². The number of halogens is 1. The van der Waals surface area contributed by atoms with Crippen molar-refractivity contribution in [3.8, 4) is 5.75 Å². The van der Waals surface area contributed by atoms with Gasteiger partial charge in [-0.2, -0.15) is 0 Å². The van der Waals surface area contributed by atoms with Gasteiger partial charge in [-0.3, -0.25) is 14.5 Å². The van der Waals surface area contributed by atoms with E-state index in [1.807, 2.05) is 24.3 Å². The van der Waals surface area contributed by atoms with E-state index in [4.69, 9.17) is 9.15 Å². The highest BCUT2D eigenvalue weighted by Crippen LogP contribution is 2.41. The van der Waals surface area contributed by atoms with E-state index in [1.54, 1.807) is 0 Å². The Bertz CT molecular complexity index is 1390. The standard InChI is InChI=1S/C25H22FN3O4S/c1-2-3-4-5-12-32-17-9-6-15(7-10-17)21-20-22(30)18-13-16(26)8-11-19(18)33-23(20)24(31)29(21)25-28-27-14-34-25/h6-11,13-14,21H,2-5,12H2,1H3. The molecule has 0 aliphatic carbocycles. The monoisotopic (exact) mass is 479 g/mol. The summed E-state index contributed by atoms with van der Waals surface area (Å²) in [5.74, 6) is -0.404. The average molecular weight is 480 g/mol.